The summed E-state index contributed by atoms with van der Waals surface area (Å²) in [6.07, 6.45) is 3.57. The highest BCUT2D eigenvalue weighted by Gasteiger charge is 2.38. The van der Waals surface area contributed by atoms with E-state index < -0.39 is 0 Å². The zero-order valence-electron chi connectivity index (χ0n) is 13.9. The van der Waals surface area contributed by atoms with Crippen molar-refractivity contribution in [3.63, 3.8) is 0 Å². The fourth-order valence-corrected chi connectivity index (χ4v) is 4.28. The second kappa shape index (κ2) is 5.53. The van der Waals surface area contributed by atoms with E-state index in [0.717, 1.165) is 18.4 Å². The number of rotatable bonds is 3. The van der Waals surface area contributed by atoms with Crippen molar-refractivity contribution in [1.82, 2.24) is 5.32 Å². The molecule has 0 aromatic heterocycles. The minimum Gasteiger partial charge on any atom is -0.508 e. The summed E-state index contributed by atoms with van der Waals surface area (Å²) in [6.45, 7) is 11.4. The van der Waals surface area contributed by atoms with E-state index in [4.69, 9.17) is 0 Å². The van der Waals surface area contributed by atoms with Crippen LogP contribution in [0.4, 0.5) is 0 Å². The van der Waals surface area contributed by atoms with Crippen molar-refractivity contribution in [3.8, 4) is 11.5 Å². The molecule has 1 unspecified atom stereocenters. The molecule has 1 aliphatic rings. The van der Waals surface area contributed by atoms with Crippen molar-refractivity contribution in [1.29, 1.82) is 0 Å². The van der Waals surface area contributed by atoms with Gasteiger partial charge in [-0.3, -0.25) is 0 Å². The monoisotopic (exact) mass is 291 g/mol. The Morgan fingerprint density at radius 3 is 1.95 bits per heavy atom. The van der Waals surface area contributed by atoms with Crippen LogP contribution in [-0.4, -0.2) is 16.3 Å². The van der Waals surface area contributed by atoms with Gasteiger partial charge in [-0.05, 0) is 54.7 Å². The van der Waals surface area contributed by atoms with E-state index >= 15 is 0 Å². The fourth-order valence-electron chi connectivity index (χ4n) is 4.28. The van der Waals surface area contributed by atoms with Crippen LogP contribution in [0.1, 0.15) is 65.5 Å². The predicted octanol–water partition coefficient (Wildman–Crippen LogP) is 4.35. The molecule has 1 saturated carbocycles. The molecule has 118 valence electrons. The number of hydrogen-bond donors (Lipinski definition) is 3. The Hall–Kier alpha value is -1.22. The Morgan fingerprint density at radius 2 is 1.48 bits per heavy atom. The lowest BCUT2D eigenvalue weighted by molar-refractivity contribution is 0.0811. The molecule has 1 aliphatic carbocycles. The first kappa shape index (κ1) is 16.2. The SMILES string of the molecule is CC(NC1CC(C)(C)CC(C)(C)C1)c1cc(O)cc(O)c1. The van der Waals surface area contributed by atoms with Gasteiger partial charge in [-0.1, -0.05) is 27.7 Å². The Labute approximate surface area is 128 Å². The van der Waals surface area contributed by atoms with Crippen molar-refractivity contribution < 1.29 is 10.2 Å². The van der Waals surface area contributed by atoms with Crippen LogP contribution in [0.5, 0.6) is 11.5 Å². The number of nitrogens with one attached hydrogen (secondary N) is 1. The highest BCUT2D eigenvalue weighted by molar-refractivity contribution is 5.38. The van der Waals surface area contributed by atoms with Gasteiger partial charge < -0.3 is 15.5 Å². The maximum Gasteiger partial charge on any atom is 0.119 e. The van der Waals surface area contributed by atoms with E-state index in [1.807, 2.05) is 0 Å². The third-order valence-electron chi connectivity index (χ3n) is 4.47. The standard InChI is InChI=1S/C18H29NO2/c1-12(13-6-15(20)8-16(21)7-13)19-14-9-17(2,3)11-18(4,5)10-14/h6-8,12,14,19-21H,9-11H2,1-5H3. The van der Waals surface area contributed by atoms with Crippen LogP contribution in [0.25, 0.3) is 0 Å². The number of phenols is 2. The number of phenolic OH excluding ortho intramolecular Hbond substituents is 2. The molecular formula is C18H29NO2. The molecule has 0 spiro atoms. The van der Waals surface area contributed by atoms with Gasteiger partial charge in [0.15, 0.2) is 0 Å². The second-order valence-corrected chi connectivity index (χ2v) is 8.28. The molecule has 0 heterocycles. The molecule has 1 aromatic rings. The molecular weight excluding hydrogens is 262 g/mol. The van der Waals surface area contributed by atoms with Crippen molar-refractivity contribution in [2.45, 2.75) is 66.0 Å². The summed E-state index contributed by atoms with van der Waals surface area (Å²) < 4.78 is 0. The number of hydrogen-bond acceptors (Lipinski definition) is 3. The Morgan fingerprint density at radius 1 is 1.00 bits per heavy atom. The molecule has 0 saturated heterocycles. The Balaban J connectivity index is 2.10. The maximum atomic E-state index is 9.63. The molecule has 1 fully saturated rings. The topological polar surface area (TPSA) is 52.5 Å². The molecule has 3 heteroatoms. The number of aromatic hydroxyl groups is 2. The number of benzene rings is 1. The second-order valence-electron chi connectivity index (χ2n) is 8.28. The van der Waals surface area contributed by atoms with Gasteiger partial charge in [0, 0.05) is 18.2 Å². The first-order valence-corrected chi connectivity index (χ1v) is 7.85. The molecule has 1 aromatic carbocycles. The van der Waals surface area contributed by atoms with Crippen LogP contribution in [0.3, 0.4) is 0 Å². The van der Waals surface area contributed by atoms with Crippen LogP contribution >= 0.6 is 0 Å². The molecule has 1 atom stereocenters. The van der Waals surface area contributed by atoms with Gasteiger partial charge in [-0.15, -0.1) is 0 Å². The molecule has 0 radical (unpaired) electrons. The van der Waals surface area contributed by atoms with Crippen LogP contribution in [0, 0.1) is 10.8 Å². The molecule has 21 heavy (non-hydrogen) atoms. The highest BCUT2D eigenvalue weighted by Crippen LogP contribution is 2.46. The molecule has 0 bridgehead atoms. The fraction of sp³-hybridized carbons (Fsp3) is 0.667. The largest absolute Gasteiger partial charge is 0.508 e. The predicted molar refractivity (Wildman–Crippen MR) is 86.5 cm³/mol. The average Bonchev–Trinajstić information content (AvgIpc) is 2.22. The van der Waals surface area contributed by atoms with E-state index in [1.54, 1.807) is 12.1 Å². The first-order valence-electron chi connectivity index (χ1n) is 7.85. The summed E-state index contributed by atoms with van der Waals surface area (Å²) in [4.78, 5) is 0. The lowest BCUT2D eigenvalue weighted by Crippen LogP contribution is -2.44. The lowest BCUT2D eigenvalue weighted by atomic mass is 9.63. The summed E-state index contributed by atoms with van der Waals surface area (Å²) in [7, 11) is 0. The van der Waals surface area contributed by atoms with Crippen molar-refractivity contribution in [2.24, 2.45) is 10.8 Å². The summed E-state index contributed by atoms with van der Waals surface area (Å²) in [5.74, 6) is 0.228. The highest BCUT2D eigenvalue weighted by atomic mass is 16.3. The van der Waals surface area contributed by atoms with Gasteiger partial charge in [0.05, 0.1) is 0 Å². The minimum absolute atomic E-state index is 0.109. The quantitative estimate of drug-likeness (QED) is 0.776. The first-order chi connectivity index (χ1) is 9.56. The van der Waals surface area contributed by atoms with E-state index in [1.165, 1.54) is 12.5 Å². The summed E-state index contributed by atoms with van der Waals surface area (Å²) >= 11 is 0. The van der Waals surface area contributed by atoms with Crippen molar-refractivity contribution in [3.05, 3.63) is 23.8 Å². The Bertz CT molecular complexity index is 472. The normalized spacial score (nSPS) is 22.9. The van der Waals surface area contributed by atoms with Crippen LogP contribution in [-0.2, 0) is 0 Å². The average molecular weight is 291 g/mol. The van der Waals surface area contributed by atoms with E-state index in [0.29, 0.717) is 16.9 Å². The zero-order valence-corrected chi connectivity index (χ0v) is 13.9. The smallest absolute Gasteiger partial charge is 0.119 e. The van der Waals surface area contributed by atoms with E-state index in [2.05, 4.69) is 39.9 Å². The van der Waals surface area contributed by atoms with Gasteiger partial charge in [0.25, 0.3) is 0 Å². The van der Waals surface area contributed by atoms with Crippen molar-refractivity contribution in [2.75, 3.05) is 0 Å². The van der Waals surface area contributed by atoms with Crippen molar-refractivity contribution >= 4 is 0 Å². The maximum absolute atomic E-state index is 9.63. The summed E-state index contributed by atoms with van der Waals surface area (Å²) in [5.41, 5.74) is 1.62. The molecule has 0 aliphatic heterocycles. The van der Waals surface area contributed by atoms with Gasteiger partial charge in [0.1, 0.15) is 11.5 Å². The van der Waals surface area contributed by atoms with E-state index in [-0.39, 0.29) is 17.5 Å². The Kier molecular flexibility index (Phi) is 4.25. The molecule has 0 amide bonds. The summed E-state index contributed by atoms with van der Waals surface area (Å²) in [6, 6.07) is 5.37. The summed E-state index contributed by atoms with van der Waals surface area (Å²) in [5, 5.41) is 22.9. The van der Waals surface area contributed by atoms with Gasteiger partial charge in [-0.25, -0.2) is 0 Å². The van der Waals surface area contributed by atoms with Gasteiger partial charge in [0.2, 0.25) is 0 Å². The molecule has 2 rings (SSSR count). The third kappa shape index (κ3) is 4.37. The van der Waals surface area contributed by atoms with Crippen LogP contribution in [0.15, 0.2) is 18.2 Å². The van der Waals surface area contributed by atoms with Gasteiger partial charge >= 0.3 is 0 Å². The van der Waals surface area contributed by atoms with E-state index in [9.17, 15) is 10.2 Å². The van der Waals surface area contributed by atoms with Crippen LogP contribution < -0.4 is 5.32 Å². The lowest BCUT2D eigenvalue weighted by Gasteiger charge is -2.46. The molecule has 3 nitrogen and oxygen atoms in total. The van der Waals surface area contributed by atoms with Crippen LogP contribution in [0.2, 0.25) is 0 Å². The molecule has 3 N–H and O–H groups in total. The minimum atomic E-state index is 0.109. The zero-order chi connectivity index (χ0) is 15.8. The van der Waals surface area contributed by atoms with Gasteiger partial charge in [-0.2, -0.15) is 0 Å². The third-order valence-corrected chi connectivity index (χ3v) is 4.47.